The Hall–Kier alpha value is -2.35. The number of amides is 1. The van der Waals surface area contributed by atoms with Crippen LogP contribution in [-0.2, 0) is 4.79 Å². The van der Waals surface area contributed by atoms with Crippen molar-refractivity contribution in [3.05, 3.63) is 40.4 Å². The van der Waals surface area contributed by atoms with Crippen LogP contribution in [0, 0.1) is 18.6 Å². The number of aliphatic carboxylic acids is 1. The molecule has 0 aliphatic rings. The summed E-state index contributed by atoms with van der Waals surface area (Å²) in [6.45, 7) is 0.966. The first kappa shape index (κ1) is 15.0. The maximum Gasteiger partial charge on any atom is 0.322 e. The van der Waals surface area contributed by atoms with Gasteiger partial charge >= 0.3 is 5.97 Å². The number of rotatable bonds is 4. The lowest BCUT2D eigenvalue weighted by atomic mass is 10.2. The van der Waals surface area contributed by atoms with E-state index in [1.807, 2.05) is 0 Å². The van der Waals surface area contributed by atoms with E-state index in [0.29, 0.717) is 0 Å². The number of aryl methyl sites for hydroxylation is 1. The van der Waals surface area contributed by atoms with Crippen molar-refractivity contribution < 1.29 is 23.5 Å². The third-order valence-electron chi connectivity index (χ3n) is 2.58. The number of carboxylic acid groups (broad SMARTS) is 1. The Balaban J connectivity index is 2.35. The highest BCUT2D eigenvalue weighted by Gasteiger charge is 2.20. The van der Waals surface area contributed by atoms with Gasteiger partial charge in [-0.05, 0) is 19.1 Å². The van der Waals surface area contributed by atoms with Crippen molar-refractivity contribution in [3.63, 3.8) is 0 Å². The minimum absolute atomic E-state index is 0.0311. The summed E-state index contributed by atoms with van der Waals surface area (Å²) in [6, 6.07) is 3.42. The molecule has 1 amide bonds. The van der Waals surface area contributed by atoms with E-state index in [-0.39, 0.29) is 21.1 Å². The van der Waals surface area contributed by atoms with Crippen LogP contribution >= 0.6 is 11.3 Å². The lowest BCUT2D eigenvalue weighted by Gasteiger charge is -2.00. The van der Waals surface area contributed by atoms with Crippen LogP contribution in [0.25, 0.3) is 10.6 Å². The zero-order valence-electron chi connectivity index (χ0n) is 10.8. The van der Waals surface area contributed by atoms with Crippen molar-refractivity contribution in [2.24, 2.45) is 0 Å². The van der Waals surface area contributed by atoms with E-state index in [1.54, 1.807) is 0 Å². The van der Waals surface area contributed by atoms with Gasteiger partial charge in [-0.3, -0.25) is 9.59 Å². The van der Waals surface area contributed by atoms with Crippen molar-refractivity contribution in [3.8, 4) is 10.6 Å². The Morgan fingerprint density at radius 1 is 1.33 bits per heavy atom. The van der Waals surface area contributed by atoms with Gasteiger partial charge in [-0.25, -0.2) is 13.8 Å². The Morgan fingerprint density at radius 2 is 1.95 bits per heavy atom. The first-order valence-electron chi connectivity index (χ1n) is 5.82. The fourth-order valence-corrected chi connectivity index (χ4v) is 2.68. The molecule has 1 heterocycles. The lowest BCUT2D eigenvalue weighted by molar-refractivity contribution is -0.135. The van der Waals surface area contributed by atoms with Gasteiger partial charge in [-0.1, -0.05) is 6.07 Å². The van der Waals surface area contributed by atoms with Gasteiger partial charge in [0.2, 0.25) is 0 Å². The molecule has 0 unspecified atom stereocenters. The van der Waals surface area contributed by atoms with E-state index in [9.17, 15) is 18.4 Å². The Kier molecular flexibility index (Phi) is 4.27. The minimum atomic E-state index is -1.19. The number of hydrogen-bond acceptors (Lipinski definition) is 4. The van der Waals surface area contributed by atoms with Crippen molar-refractivity contribution in [2.45, 2.75) is 6.92 Å². The van der Waals surface area contributed by atoms with Gasteiger partial charge in [0, 0.05) is 0 Å². The molecule has 0 aliphatic heterocycles. The summed E-state index contributed by atoms with van der Waals surface area (Å²) in [5, 5.41) is 10.7. The number of thiazole rings is 1. The number of carbonyl (C=O) groups excluding carboxylic acids is 1. The molecule has 0 atom stereocenters. The average Bonchev–Trinajstić information content (AvgIpc) is 2.77. The molecule has 0 bridgehead atoms. The first-order valence-corrected chi connectivity index (χ1v) is 6.63. The predicted octanol–water partition coefficient (Wildman–Crippen LogP) is 2.21. The highest BCUT2D eigenvalue weighted by atomic mass is 32.1. The molecular formula is C13H10F2N2O3S. The second kappa shape index (κ2) is 5.96. The largest absolute Gasteiger partial charge is 0.480 e. The summed E-state index contributed by atoms with van der Waals surface area (Å²) < 4.78 is 27.4. The molecule has 110 valence electrons. The monoisotopic (exact) mass is 312 g/mol. The van der Waals surface area contributed by atoms with Gasteiger partial charge in [0.05, 0.1) is 11.3 Å². The smallest absolute Gasteiger partial charge is 0.322 e. The van der Waals surface area contributed by atoms with Gasteiger partial charge in [0.15, 0.2) is 0 Å². The number of carboxylic acids is 1. The third-order valence-corrected chi connectivity index (χ3v) is 3.75. The van der Waals surface area contributed by atoms with Crippen molar-refractivity contribution in [2.75, 3.05) is 6.54 Å². The fraction of sp³-hybridized carbons (Fsp3) is 0.154. The average molecular weight is 312 g/mol. The minimum Gasteiger partial charge on any atom is -0.480 e. The number of nitrogens with zero attached hydrogens (tertiary/aromatic N) is 1. The van der Waals surface area contributed by atoms with Crippen LogP contribution in [0.1, 0.15) is 15.4 Å². The third kappa shape index (κ3) is 3.22. The maximum atomic E-state index is 13.7. The molecule has 1 aromatic heterocycles. The predicted molar refractivity (Wildman–Crippen MR) is 72.2 cm³/mol. The molecule has 5 nitrogen and oxygen atoms in total. The van der Waals surface area contributed by atoms with Crippen LogP contribution in [0.2, 0.25) is 0 Å². The molecule has 2 N–H and O–H groups in total. The van der Waals surface area contributed by atoms with Crippen molar-refractivity contribution in [1.82, 2.24) is 10.3 Å². The van der Waals surface area contributed by atoms with Gasteiger partial charge in [-0.2, -0.15) is 0 Å². The van der Waals surface area contributed by atoms with E-state index >= 15 is 0 Å². The van der Waals surface area contributed by atoms with Gasteiger partial charge in [-0.15, -0.1) is 11.3 Å². The van der Waals surface area contributed by atoms with E-state index in [2.05, 4.69) is 10.3 Å². The molecule has 0 fully saturated rings. The Labute approximate surface area is 122 Å². The summed E-state index contributed by atoms with van der Waals surface area (Å²) in [5.74, 6) is -3.39. The zero-order valence-corrected chi connectivity index (χ0v) is 11.6. The Bertz CT molecular complexity index is 695. The second-order valence-electron chi connectivity index (χ2n) is 4.11. The van der Waals surface area contributed by atoms with Gasteiger partial charge < -0.3 is 10.4 Å². The number of hydrogen-bond donors (Lipinski definition) is 2. The highest BCUT2D eigenvalue weighted by molar-refractivity contribution is 7.17. The first-order chi connectivity index (χ1) is 9.90. The molecule has 0 saturated carbocycles. The molecule has 2 rings (SSSR count). The molecule has 0 aliphatic carbocycles. The SMILES string of the molecule is Cc1nc(-c2c(F)cccc2F)sc1C(=O)NCC(=O)O. The lowest BCUT2D eigenvalue weighted by Crippen LogP contribution is -2.29. The number of aromatic nitrogens is 1. The second-order valence-corrected chi connectivity index (χ2v) is 5.11. The van der Waals surface area contributed by atoms with Crippen molar-refractivity contribution >= 4 is 23.2 Å². The molecule has 0 radical (unpaired) electrons. The van der Waals surface area contributed by atoms with Crippen LogP contribution in [0.3, 0.4) is 0 Å². The summed E-state index contributed by atoms with van der Waals surface area (Å²) in [6.07, 6.45) is 0. The number of halogens is 2. The van der Waals surface area contributed by atoms with E-state index in [4.69, 9.17) is 5.11 Å². The molecule has 0 spiro atoms. The van der Waals surface area contributed by atoms with Crippen LogP contribution in [0.4, 0.5) is 8.78 Å². The number of nitrogens with one attached hydrogen (secondary N) is 1. The van der Waals surface area contributed by atoms with Crippen molar-refractivity contribution in [1.29, 1.82) is 0 Å². The Morgan fingerprint density at radius 3 is 2.52 bits per heavy atom. The standard InChI is InChI=1S/C13H10F2N2O3S/c1-6-11(12(20)16-5-9(18)19)21-13(17-6)10-7(14)3-2-4-8(10)15/h2-4H,5H2,1H3,(H,16,20)(H,18,19). The quantitative estimate of drug-likeness (QED) is 0.907. The molecule has 0 saturated heterocycles. The molecule has 21 heavy (non-hydrogen) atoms. The van der Waals surface area contributed by atoms with Gasteiger partial charge in [0.1, 0.15) is 28.1 Å². The van der Waals surface area contributed by atoms with E-state index in [1.165, 1.54) is 13.0 Å². The zero-order chi connectivity index (χ0) is 15.6. The topological polar surface area (TPSA) is 79.3 Å². The summed E-state index contributed by atoms with van der Waals surface area (Å²) >= 11 is 0.805. The molecule has 2 aromatic rings. The van der Waals surface area contributed by atoms with Crippen LogP contribution in [0.15, 0.2) is 18.2 Å². The van der Waals surface area contributed by atoms with Crippen LogP contribution in [0.5, 0.6) is 0 Å². The number of carbonyl (C=O) groups is 2. The normalized spacial score (nSPS) is 10.4. The van der Waals surface area contributed by atoms with Crippen LogP contribution < -0.4 is 5.32 Å². The number of benzene rings is 1. The fourth-order valence-electron chi connectivity index (χ4n) is 1.65. The summed E-state index contributed by atoms with van der Waals surface area (Å²) in [4.78, 5) is 26.3. The van der Waals surface area contributed by atoms with Gasteiger partial charge in [0.25, 0.3) is 5.91 Å². The van der Waals surface area contributed by atoms with E-state index in [0.717, 1.165) is 23.5 Å². The highest BCUT2D eigenvalue weighted by Crippen LogP contribution is 2.31. The molecule has 1 aromatic carbocycles. The summed E-state index contributed by atoms with van der Waals surface area (Å²) in [5.41, 5.74) is -0.0246. The summed E-state index contributed by atoms with van der Waals surface area (Å²) in [7, 11) is 0. The van der Waals surface area contributed by atoms with E-state index < -0.39 is 30.1 Å². The molecule has 8 heteroatoms. The van der Waals surface area contributed by atoms with Crippen LogP contribution in [-0.4, -0.2) is 28.5 Å². The molecular weight excluding hydrogens is 302 g/mol. The maximum absolute atomic E-state index is 13.7.